The molecule has 0 N–H and O–H groups in total. The van der Waals surface area contributed by atoms with Gasteiger partial charge in [-0.1, -0.05) is 24.3 Å². The minimum atomic E-state index is -0.279. The zero-order chi connectivity index (χ0) is 16.9. The van der Waals surface area contributed by atoms with Gasteiger partial charge in [0.15, 0.2) is 0 Å². The molecular weight excluding hydrogens is 307 g/mol. The minimum absolute atomic E-state index is 0.252. The highest BCUT2D eigenvalue weighted by Crippen LogP contribution is 2.16. The molecule has 24 heavy (non-hydrogen) atoms. The number of hydrogen-bond acceptors (Lipinski definition) is 4. The Morgan fingerprint density at radius 2 is 2.08 bits per heavy atom. The number of allylic oxidation sites excluding steroid dienone is 1. The first-order chi connectivity index (χ1) is 11.7. The summed E-state index contributed by atoms with van der Waals surface area (Å²) in [5.41, 5.74) is 1.18. The molecule has 2 heterocycles. The number of halogens is 1. The SMILES string of the molecule is CC=N/C(=C\C)c1nc(-n2cccn2)n(Cc2ccccc2F)n1. The predicted molar refractivity (Wildman–Crippen MR) is 90.5 cm³/mol. The van der Waals surface area contributed by atoms with Gasteiger partial charge in [-0.2, -0.15) is 10.1 Å². The van der Waals surface area contributed by atoms with Gasteiger partial charge < -0.3 is 0 Å². The van der Waals surface area contributed by atoms with Crippen LogP contribution in [-0.2, 0) is 6.54 Å². The van der Waals surface area contributed by atoms with E-state index in [9.17, 15) is 4.39 Å². The van der Waals surface area contributed by atoms with E-state index in [1.165, 1.54) is 6.07 Å². The van der Waals surface area contributed by atoms with Crippen LogP contribution in [0, 0.1) is 5.82 Å². The molecule has 0 aliphatic carbocycles. The molecule has 0 aliphatic heterocycles. The van der Waals surface area contributed by atoms with Crippen molar-refractivity contribution in [3.63, 3.8) is 0 Å². The maximum Gasteiger partial charge on any atom is 0.249 e. The van der Waals surface area contributed by atoms with Crippen LogP contribution in [0.5, 0.6) is 0 Å². The van der Waals surface area contributed by atoms with Gasteiger partial charge in [-0.05, 0) is 26.0 Å². The molecule has 0 radical (unpaired) electrons. The van der Waals surface area contributed by atoms with Gasteiger partial charge in [0.05, 0.1) is 6.54 Å². The van der Waals surface area contributed by atoms with Crippen LogP contribution in [0.1, 0.15) is 25.2 Å². The Labute approximate surface area is 139 Å². The molecule has 2 aromatic heterocycles. The highest BCUT2D eigenvalue weighted by atomic mass is 19.1. The molecule has 1 aromatic carbocycles. The molecule has 0 aliphatic rings. The molecule has 122 valence electrons. The number of hydrogen-bond donors (Lipinski definition) is 0. The van der Waals surface area contributed by atoms with E-state index in [2.05, 4.69) is 20.2 Å². The van der Waals surface area contributed by atoms with Crippen molar-refractivity contribution in [3.8, 4) is 5.95 Å². The van der Waals surface area contributed by atoms with Crippen molar-refractivity contribution < 1.29 is 4.39 Å². The average molecular weight is 324 g/mol. The van der Waals surface area contributed by atoms with Gasteiger partial charge in [0, 0.05) is 24.2 Å². The zero-order valence-corrected chi connectivity index (χ0v) is 13.5. The van der Waals surface area contributed by atoms with Gasteiger partial charge >= 0.3 is 0 Å². The normalized spacial score (nSPS) is 12.2. The highest BCUT2D eigenvalue weighted by molar-refractivity contribution is 5.69. The number of aromatic nitrogens is 5. The van der Waals surface area contributed by atoms with Crippen molar-refractivity contribution in [2.75, 3.05) is 0 Å². The Hall–Kier alpha value is -3.09. The maximum absolute atomic E-state index is 14.0. The molecular formula is C17H17FN6. The number of aliphatic imine (C=N–C) groups is 1. The van der Waals surface area contributed by atoms with Gasteiger partial charge in [-0.15, -0.1) is 5.10 Å². The monoisotopic (exact) mass is 324 g/mol. The fourth-order valence-electron chi connectivity index (χ4n) is 2.29. The molecule has 0 fully saturated rings. The fraction of sp³-hybridized carbons (Fsp3) is 0.176. The summed E-state index contributed by atoms with van der Waals surface area (Å²) in [6.45, 7) is 3.95. The first-order valence-electron chi connectivity index (χ1n) is 7.56. The average Bonchev–Trinajstić information content (AvgIpc) is 3.24. The molecule has 0 atom stereocenters. The lowest BCUT2D eigenvalue weighted by Gasteiger charge is -2.06. The Morgan fingerprint density at radius 1 is 1.25 bits per heavy atom. The molecule has 3 aromatic rings. The minimum Gasteiger partial charge on any atom is -0.258 e. The van der Waals surface area contributed by atoms with Crippen molar-refractivity contribution in [2.45, 2.75) is 20.4 Å². The van der Waals surface area contributed by atoms with Gasteiger partial charge in [0.1, 0.15) is 11.5 Å². The van der Waals surface area contributed by atoms with Crippen LogP contribution in [0.15, 0.2) is 53.8 Å². The number of rotatable bonds is 5. The quantitative estimate of drug-likeness (QED) is 0.678. The number of nitrogens with zero attached hydrogens (tertiary/aromatic N) is 6. The summed E-state index contributed by atoms with van der Waals surface area (Å²) in [4.78, 5) is 8.78. The third kappa shape index (κ3) is 3.15. The molecule has 0 saturated carbocycles. The van der Waals surface area contributed by atoms with Crippen molar-refractivity contribution in [1.82, 2.24) is 24.5 Å². The topological polar surface area (TPSA) is 60.9 Å². The lowest BCUT2D eigenvalue weighted by atomic mass is 10.2. The third-order valence-corrected chi connectivity index (χ3v) is 3.41. The maximum atomic E-state index is 14.0. The Kier molecular flexibility index (Phi) is 4.60. The first-order valence-corrected chi connectivity index (χ1v) is 7.56. The predicted octanol–water partition coefficient (Wildman–Crippen LogP) is 3.10. The molecule has 0 spiro atoms. The van der Waals surface area contributed by atoms with Crippen LogP contribution in [0.3, 0.4) is 0 Å². The molecule has 0 saturated heterocycles. The van der Waals surface area contributed by atoms with Crippen LogP contribution < -0.4 is 0 Å². The van der Waals surface area contributed by atoms with Gasteiger partial charge in [-0.3, -0.25) is 4.99 Å². The third-order valence-electron chi connectivity index (χ3n) is 3.41. The molecule has 3 rings (SSSR count). The second-order valence-electron chi connectivity index (χ2n) is 5.00. The largest absolute Gasteiger partial charge is 0.258 e. The van der Waals surface area contributed by atoms with Crippen LogP contribution in [0.2, 0.25) is 0 Å². The van der Waals surface area contributed by atoms with E-state index in [1.54, 1.807) is 52.2 Å². The van der Waals surface area contributed by atoms with E-state index in [0.717, 1.165) is 0 Å². The van der Waals surface area contributed by atoms with E-state index in [4.69, 9.17) is 0 Å². The summed E-state index contributed by atoms with van der Waals surface area (Å²) < 4.78 is 17.2. The summed E-state index contributed by atoms with van der Waals surface area (Å²) in [6.07, 6.45) is 6.93. The second kappa shape index (κ2) is 6.99. The summed E-state index contributed by atoms with van der Waals surface area (Å²) >= 11 is 0. The summed E-state index contributed by atoms with van der Waals surface area (Å²) in [5, 5.41) is 8.69. The zero-order valence-electron chi connectivity index (χ0n) is 13.5. The van der Waals surface area contributed by atoms with E-state index in [0.29, 0.717) is 23.0 Å². The first kappa shape index (κ1) is 15.8. The summed E-state index contributed by atoms with van der Waals surface area (Å²) in [5.74, 6) is 0.695. The second-order valence-corrected chi connectivity index (χ2v) is 5.00. The molecule has 0 amide bonds. The Morgan fingerprint density at radius 3 is 2.75 bits per heavy atom. The van der Waals surface area contributed by atoms with Crippen molar-refractivity contribution >= 4 is 11.9 Å². The molecule has 0 unspecified atom stereocenters. The summed E-state index contributed by atoms with van der Waals surface area (Å²) in [6, 6.07) is 8.41. The Bertz CT molecular complexity index is 876. The van der Waals surface area contributed by atoms with Crippen LogP contribution in [-0.4, -0.2) is 30.8 Å². The Balaban J connectivity index is 2.07. The van der Waals surface area contributed by atoms with Crippen LogP contribution in [0.25, 0.3) is 11.6 Å². The van der Waals surface area contributed by atoms with Crippen molar-refractivity contribution in [2.24, 2.45) is 4.99 Å². The smallest absolute Gasteiger partial charge is 0.249 e. The van der Waals surface area contributed by atoms with Crippen molar-refractivity contribution in [1.29, 1.82) is 0 Å². The van der Waals surface area contributed by atoms with E-state index >= 15 is 0 Å². The standard InChI is InChI=1S/C17H17FN6/c1-3-15(19-4-2)16-21-17(23-11-7-10-20-23)24(22-16)12-13-8-5-6-9-14(13)18/h3-11H,12H2,1-2H3/b15-3-,19-4?. The molecule has 0 bridgehead atoms. The molecule has 7 heteroatoms. The fourth-order valence-corrected chi connectivity index (χ4v) is 2.29. The summed E-state index contributed by atoms with van der Waals surface area (Å²) in [7, 11) is 0. The van der Waals surface area contributed by atoms with Gasteiger partial charge in [-0.25, -0.2) is 13.8 Å². The number of benzene rings is 1. The van der Waals surface area contributed by atoms with Crippen LogP contribution in [0.4, 0.5) is 4.39 Å². The van der Waals surface area contributed by atoms with Crippen molar-refractivity contribution in [3.05, 3.63) is 66.0 Å². The van der Waals surface area contributed by atoms with Crippen LogP contribution >= 0.6 is 0 Å². The lowest BCUT2D eigenvalue weighted by Crippen LogP contribution is -2.10. The highest BCUT2D eigenvalue weighted by Gasteiger charge is 2.16. The van der Waals surface area contributed by atoms with E-state index in [-0.39, 0.29) is 12.4 Å². The van der Waals surface area contributed by atoms with Gasteiger partial charge in [0.25, 0.3) is 0 Å². The lowest BCUT2D eigenvalue weighted by molar-refractivity contribution is 0.574. The van der Waals surface area contributed by atoms with E-state index in [1.807, 2.05) is 19.9 Å². The van der Waals surface area contributed by atoms with E-state index < -0.39 is 0 Å². The van der Waals surface area contributed by atoms with Gasteiger partial charge in [0.2, 0.25) is 11.8 Å². The molecule has 6 nitrogen and oxygen atoms in total.